The largest absolute Gasteiger partial charge is 1.00 e. The summed E-state index contributed by atoms with van der Waals surface area (Å²) in [5.41, 5.74) is 1.86. The molecule has 1 aliphatic heterocycles. The van der Waals surface area contributed by atoms with E-state index in [4.69, 9.17) is 0 Å². The fourth-order valence-corrected chi connectivity index (χ4v) is 4.65. The van der Waals surface area contributed by atoms with Crippen molar-refractivity contribution in [1.82, 2.24) is 9.78 Å². The Kier molecular flexibility index (Phi) is 12.8. The van der Waals surface area contributed by atoms with Crippen molar-refractivity contribution in [2.45, 2.75) is 23.6 Å². The van der Waals surface area contributed by atoms with Crippen LogP contribution in [0.25, 0.3) is 11.8 Å². The number of amides is 1. The number of aromatic amines is 1. The Hall–Kier alpha value is -1.10. The van der Waals surface area contributed by atoms with Crippen molar-refractivity contribution in [3.8, 4) is 5.69 Å². The number of benzene rings is 2. The Bertz CT molecular complexity index is 1860. The molecule has 0 fully saturated rings. The average Bonchev–Trinajstić information content (AvgIpc) is 3.32. The summed E-state index contributed by atoms with van der Waals surface area (Å²) in [6.07, 6.45) is 7.88. The van der Waals surface area contributed by atoms with Crippen LogP contribution in [0.2, 0.25) is 0 Å². The molecule has 3 aromatic rings. The number of carbonyl (C=O) groups is 1. The van der Waals surface area contributed by atoms with E-state index < -0.39 is 41.5 Å². The molecule has 0 radical (unpaired) electrons. The number of rotatable bonds is 7. The predicted octanol–water partition coefficient (Wildman–Crippen LogP) is -3.79. The van der Waals surface area contributed by atoms with Gasteiger partial charge in [-0.2, -0.15) is 10.1 Å². The Morgan fingerprint density at radius 3 is 1.80 bits per heavy atom. The minimum atomic E-state index is -4.61. The number of aryl methyl sites for hydroxylation is 1. The van der Waals surface area contributed by atoms with E-state index in [1.165, 1.54) is 35.0 Å². The molecular weight excluding hydrogens is 627 g/mol. The number of nitrogens with one attached hydrogen (secondary N) is 1. The van der Waals surface area contributed by atoms with Gasteiger partial charge >= 0.3 is 103 Å². The van der Waals surface area contributed by atoms with Crippen LogP contribution in [0.4, 0.5) is 5.69 Å². The van der Waals surface area contributed by atoms with Gasteiger partial charge in [-0.15, -0.1) is 0 Å². The van der Waals surface area contributed by atoms with Gasteiger partial charge in [0.2, 0.25) is 0 Å². The summed E-state index contributed by atoms with van der Waals surface area (Å²) >= 11 is 0. The van der Waals surface area contributed by atoms with Crippen LogP contribution in [-0.4, -0.2) is 47.3 Å². The van der Waals surface area contributed by atoms with Crippen molar-refractivity contribution in [2.75, 3.05) is 5.01 Å². The van der Waals surface area contributed by atoms with Crippen LogP contribution in [0.3, 0.4) is 0 Å². The molecule has 1 N–H and O–H groups in total. The monoisotopic (exact) mass is 646 g/mol. The molecule has 0 saturated heterocycles. The molecule has 1 amide bonds. The molecule has 0 bridgehead atoms. The average molecular weight is 647 g/mol. The van der Waals surface area contributed by atoms with Crippen LogP contribution in [0.5, 0.6) is 0 Å². The van der Waals surface area contributed by atoms with E-state index in [0.717, 1.165) is 29.3 Å². The van der Waals surface area contributed by atoms with Crippen molar-refractivity contribution in [3.05, 3.63) is 100 Å². The number of hydrogen-bond acceptors (Lipinski definition) is 9. The van der Waals surface area contributed by atoms with Gasteiger partial charge in [-0.1, -0.05) is 18.2 Å². The van der Waals surface area contributed by atoms with Gasteiger partial charge in [-0.3, -0.25) is 14.7 Å². The SMILES string of the molecule is CC1=NN(c2ccc(S(=O)(=O)[O-])cc2)C(=O)/C1=C/C=C/C=C/c1c(C)[nH]n(-c2ccc(S(=O)(=O)[O-])cc2)c1=O.[K+].[K+]. The van der Waals surface area contributed by atoms with Gasteiger partial charge in [0.25, 0.3) is 11.5 Å². The van der Waals surface area contributed by atoms with Crippen LogP contribution >= 0.6 is 0 Å². The summed E-state index contributed by atoms with van der Waals surface area (Å²) in [4.78, 5) is 24.8. The predicted molar refractivity (Wildman–Crippen MR) is 140 cm³/mol. The molecule has 0 aliphatic carbocycles. The van der Waals surface area contributed by atoms with E-state index in [1.807, 2.05) is 0 Å². The van der Waals surface area contributed by atoms with Crippen LogP contribution in [-0.2, 0) is 25.0 Å². The molecular formula is C25H20K2N4O8S2. The van der Waals surface area contributed by atoms with Crippen LogP contribution in [0.15, 0.2) is 98.1 Å². The molecule has 16 heteroatoms. The normalized spacial score (nSPS) is 14.9. The molecule has 2 aromatic carbocycles. The maximum absolute atomic E-state index is 12.8. The Balaban J connectivity index is 0.00000294. The first-order chi connectivity index (χ1) is 18.3. The number of allylic oxidation sites excluding steroid dienone is 4. The van der Waals surface area contributed by atoms with Crippen molar-refractivity contribution in [1.29, 1.82) is 0 Å². The summed E-state index contributed by atoms with van der Waals surface area (Å²) in [5.74, 6) is -0.445. The van der Waals surface area contributed by atoms with Crippen molar-refractivity contribution >= 4 is 43.6 Å². The molecule has 41 heavy (non-hydrogen) atoms. The first-order valence-electron chi connectivity index (χ1n) is 11.2. The molecule has 0 saturated carbocycles. The molecule has 1 aliphatic rings. The number of hydrogen-bond donors (Lipinski definition) is 1. The number of hydrazone groups is 1. The first kappa shape index (κ1) is 36.1. The number of carbonyl (C=O) groups excluding carboxylic acids is 1. The van der Waals surface area contributed by atoms with E-state index >= 15 is 0 Å². The zero-order chi connectivity index (χ0) is 28.5. The molecule has 0 spiro atoms. The van der Waals surface area contributed by atoms with E-state index in [0.29, 0.717) is 33.9 Å². The first-order valence-corrected chi connectivity index (χ1v) is 14.0. The van der Waals surface area contributed by atoms with Gasteiger partial charge in [0.15, 0.2) is 0 Å². The van der Waals surface area contributed by atoms with Gasteiger partial charge in [-0.25, -0.2) is 21.5 Å². The van der Waals surface area contributed by atoms with Crippen molar-refractivity contribution in [3.63, 3.8) is 0 Å². The van der Waals surface area contributed by atoms with Gasteiger partial charge in [0.1, 0.15) is 20.2 Å². The Morgan fingerprint density at radius 2 is 1.29 bits per heavy atom. The summed E-state index contributed by atoms with van der Waals surface area (Å²) in [5, 5.41) is 8.17. The topological polar surface area (TPSA) is 185 Å². The quantitative estimate of drug-likeness (QED) is 0.117. The molecule has 2 heterocycles. The summed E-state index contributed by atoms with van der Waals surface area (Å²) < 4.78 is 67.9. The van der Waals surface area contributed by atoms with Crippen LogP contribution < -0.4 is 113 Å². The minimum Gasteiger partial charge on any atom is -0.744 e. The van der Waals surface area contributed by atoms with E-state index in [9.17, 15) is 35.5 Å². The maximum Gasteiger partial charge on any atom is 1.00 e. The molecule has 4 rings (SSSR count). The van der Waals surface area contributed by atoms with Gasteiger partial charge in [0.05, 0.1) is 38.0 Å². The third-order valence-electron chi connectivity index (χ3n) is 5.68. The molecule has 0 unspecified atom stereocenters. The molecule has 1 aromatic heterocycles. The van der Waals surface area contributed by atoms with Crippen LogP contribution in [0.1, 0.15) is 18.2 Å². The number of nitrogens with zero attached hydrogens (tertiary/aromatic N) is 3. The zero-order valence-corrected chi connectivity index (χ0v) is 30.3. The second-order valence-corrected chi connectivity index (χ2v) is 11.1. The standard InChI is InChI=1S/C25H22N4O8S2.2K/c1-16-22(24(30)28(26-16)18-8-12-20(13-9-18)38(32,33)34)6-4-3-5-7-23-17(2)27-29(25(23)31)19-10-14-21(15-11-19)39(35,36)37;;/h3-15,26H,1-2H3,(H,32,33,34)(H,35,36,37);;/q;2*+1/p-2/b5-3+,6-4+,23-7+;;. The van der Waals surface area contributed by atoms with Crippen LogP contribution in [0, 0.1) is 6.92 Å². The smallest absolute Gasteiger partial charge is 0.744 e. The summed E-state index contributed by atoms with van der Waals surface area (Å²) in [6.45, 7) is 3.32. The molecule has 0 atom stereocenters. The number of anilines is 1. The Labute approximate surface area is 321 Å². The zero-order valence-electron chi connectivity index (χ0n) is 22.4. The fraction of sp³-hybridized carbons (Fsp3) is 0.0800. The summed E-state index contributed by atoms with van der Waals surface area (Å²) in [6, 6.07) is 9.75. The number of aromatic nitrogens is 2. The van der Waals surface area contributed by atoms with Crippen molar-refractivity contribution < 1.29 is 134 Å². The maximum atomic E-state index is 12.8. The second kappa shape index (κ2) is 14.6. The van der Waals surface area contributed by atoms with E-state index in [1.54, 1.807) is 38.2 Å². The third-order valence-corrected chi connectivity index (χ3v) is 7.38. The van der Waals surface area contributed by atoms with Crippen molar-refractivity contribution in [2.24, 2.45) is 5.10 Å². The second-order valence-electron chi connectivity index (χ2n) is 8.31. The number of H-pyrrole nitrogens is 1. The third kappa shape index (κ3) is 8.51. The van der Waals surface area contributed by atoms with E-state index in [-0.39, 0.29) is 103 Å². The van der Waals surface area contributed by atoms with Gasteiger partial charge in [0, 0.05) is 5.69 Å². The van der Waals surface area contributed by atoms with Gasteiger partial charge in [-0.05, 0) is 74.5 Å². The minimum absolute atomic E-state index is 0. The molecule has 202 valence electrons. The summed E-state index contributed by atoms with van der Waals surface area (Å²) in [7, 11) is -9.21. The van der Waals surface area contributed by atoms with E-state index in [2.05, 4.69) is 10.2 Å². The fourth-order valence-electron chi connectivity index (χ4n) is 3.71. The Morgan fingerprint density at radius 1 is 0.780 bits per heavy atom. The van der Waals surface area contributed by atoms with Gasteiger partial charge < -0.3 is 9.11 Å². The molecule has 12 nitrogen and oxygen atoms in total.